The van der Waals surface area contributed by atoms with Crippen LogP contribution in [0.5, 0.6) is 0 Å². The van der Waals surface area contributed by atoms with Gasteiger partial charge in [-0.05, 0) is 25.3 Å². The van der Waals surface area contributed by atoms with E-state index >= 15 is 0 Å². The fourth-order valence-electron chi connectivity index (χ4n) is 3.41. The molecule has 1 fully saturated rings. The number of aryl methyl sites for hydroxylation is 2. The van der Waals surface area contributed by atoms with Gasteiger partial charge in [-0.3, -0.25) is 4.79 Å². The Hall–Kier alpha value is -2.90. The zero-order valence-corrected chi connectivity index (χ0v) is 14.4. The van der Waals surface area contributed by atoms with Crippen LogP contribution in [0.1, 0.15) is 28.9 Å². The molecule has 0 aromatic carbocycles. The molecule has 130 valence electrons. The molecule has 0 aliphatic carbocycles. The maximum absolute atomic E-state index is 12.3. The van der Waals surface area contributed by atoms with Gasteiger partial charge in [0, 0.05) is 32.4 Å². The monoisotopic (exact) mass is 339 g/mol. The van der Waals surface area contributed by atoms with Gasteiger partial charge in [0.15, 0.2) is 0 Å². The van der Waals surface area contributed by atoms with Crippen molar-refractivity contribution in [3.8, 4) is 0 Å². The summed E-state index contributed by atoms with van der Waals surface area (Å²) in [5, 5.41) is 4.20. The van der Waals surface area contributed by atoms with Crippen molar-refractivity contribution in [3.63, 3.8) is 0 Å². The summed E-state index contributed by atoms with van der Waals surface area (Å²) in [5.41, 5.74) is 2.61. The summed E-state index contributed by atoms with van der Waals surface area (Å²) in [4.78, 5) is 30.6. The number of nitrogens with one attached hydrogen (secondary N) is 2. The Kier molecular flexibility index (Phi) is 3.87. The van der Waals surface area contributed by atoms with Crippen LogP contribution in [0.3, 0.4) is 0 Å². The number of amides is 1. The van der Waals surface area contributed by atoms with Crippen LogP contribution >= 0.6 is 0 Å². The van der Waals surface area contributed by atoms with Crippen molar-refractivity contribution in [2.75, 3.05) is 18.0 Å². The second-order valence-electron chi connectivity index (χ2n) is 6.52. The number of fused-ring (bicyclic) bond motifs is 1. The van der Waals surface area contributed by atoms with Crippen LogP contribution in [-0.2, 0) is 7.05 Å². The first-order chi connectivity index (χ1) is 12.1. The van der Waals surface area contributed by atoms with Gasteiger partial charge >= 0.3 is 0 Å². The first kappa shape index (κ1) is 15.6. The number of aromatic nitrogens is 5. The number of rotatable bonds is 3. The molecule has 0 spiro atoms. The summed E-state index contributed by atoms with van der Waals surface area (Å²) >= 11 is 0. The van der Waals surface area contributed by atoms with Crippen LogP contribution < -0.4 is 10.2 Å². The molecule has 1 amide bonds. The van der Waals surface area contributed by atoms with Gasteiger partial charge in [0.1, 0.15) is 23.5 Å². The molecule has 0 bridgehead atoms. The maximum atomic E-state index is 12.3. The Labute approximate surface area is 145 Å². The maximum Gasteiger partial charge on any atom is 0.269 e. The van der Waals surface area contributed by atoms with Gasteiger partial charge in [-0.25, -0.2) is 15.0 Å². The van der Waals surface area contributed by atoms with Crippen molar-refractivity contribution in [2.45, 2.75) is 25.8 Å². The number of piperidine rings is 1. The van der Waals surface area contributed by atoms with Crippen LogP contribution in [0.4, 0.5) is 5.82 Å². The van der Waals surface area contributed by atoms with Crippen LogP contribution in [-0.4, -0.2) is 49.5 Å². The van der Waals surface area contributed by atoms with Gasteiger partial charge in [-0.1, -0.05) is 0 Å². The minimum absolute atomic E-state index is 0.0654. The molecule has 25 heavy (non-hydrogen) atoms. The number of anilines is 1. The van der Waals surface area contributed by atoms with Crippen LogP contribution in [0.25, 0.3) is 11.0 Å². The van der Waals surface area contributed by atoms with E-state index in [1.807, 2.05) is 13.2 Å². The molecule has 8 heteroatoms. The van der Waals surface area contributed by atoms with E-state index in [9.17, 15) is 4.79 Å². The van der Waals surface area contributed by atoms with Crippen molar-refractivity contribution in [3.05, 3.63) is 36.3 Å². The van der Waals surface area contributed by atoms with E-state index in [1.165, 1.54) is 0 Å². The SMILES string of the molecule is Cc1c[nH]c2ncnc(N3CCC(NC(=O)c4cncn4C)CC3)c12. The van der Waals surface area contributed by atoms with E-state index in [1.54, 1.807) is 23.4 Å². The minimum Gasteiger partial charge on any atom is -0.356 e. The third-order valence-electron chi connectivity index (χ3n) is 4.83. The van der Waals surface area contributed by atoms with Gasteiger partial charge in [0.25, 0.3) is 5.91 Å². The molecule has 1 saturated heterocycles. The average Bonchev–Trinajstić information content (AvgIpc) is 3.22. The second kappa shape index (κ2) is 6.19. The molecular weight excluding hydrogens is 318 g/mol. The standard InChI is InChI=1S/C17H21N7O/c1-11-7-19-15-14(11)16(21-9-20-15)24-5-3-12(4-6-24)22-17(25)13-8-18-10-23(13)2/h7-10,12H,3-6H2,1-2H3,(H,22,25)(H,19,20,21). The summed E-state index contributed by atoms with van der Waals surface area (Å²) in [6.45, 7) is 3.77. The number of imidazole rings is 1. The highest BCUT2D eigenvalue weighted by Crippen LogP contribution is 2.27. The molecule has 0 atom stereocenters. The highest BCUT2D eigenvalue weighted by molar-refractivity contribution is 5.92. The quantitative estimate of drug-likeness (QED) is 0.752. The van der Waals surface area contributed by atoms with E-state index in [-0.39, 0.29) is 11.9 Å². The van der Waals surface area contributed by atoms with Crippen molar-refractivity contribution in [2.24, 2.45) is 7.05 Å². The van der Waals surface area contributed by atoms with E-state index in [2.05, 4.69) is 37.1 Å². The number of hydrogen-bond acceptors (Lipinski definition) is 5. The van der Waals surface area contributed by atoms with E-state index in [0.717, 1.165) is 48.3 Å². The molecule has 1 aliphatic rings. The number of hydrogen-bond donors (Lipinski definition) is 2. The lowest BCUT2D eigenvalue weighted by Crippen LogP contribution is -2.45. The molecule has 8 nitrogen and oxygen atoms in total. The number of carbonyl (C=O) groups is 1. The number of nitrogens with zero attached hydrogens (tertiary/aromatic N) is 5. The highest BCUT2D eigenvalue weighted by atomic mass is 16.2. The van der Waals surface area contributed by atoms with E-state index in [4.69, 9.17) is 0 Å². The average molecular weight is 339 g/mol. The summed E-state index contributed by atoms with van der Waals surface area (Å²) < 4.78 is 1.73. The molecule has 0 saturated carbocycles. The predicted octanol–water partition coefficient (Wildman–Crippen LogP) is 1.40. The first-order valence-electron chi connectivity index (χ1n) is 8.44. The molecule has 0 radical (unpaired) electrons. The number of H-pyrrole nitrogens is 1. The lowest BCUT2D eigenvalue weighted by atomic mass is 10.0. The fourth-order valence-corrected chi connectivity index (χ4v) is 3.41. The summed E-state index contributed by atoms with van der Waals surface area (Å²) in [6.07, 6.45) is 8.57. The molecule has 4 rings (SSSR count). The van der Waals surface area contributed by atoms with Crippen molar-refractivity contribution in [1.82, 2.24) is 29.8 Å². The molecule has 1 aliphatic heterocycles. The molecule has 3 aromatic heterocycles. The van der Waals surface area contributed by atoms with Gasteiger partial charge in [0.2, 0.25) is 0 Å². The first-order valence-corrected chi connectivity index (χ1v) is 8.44. The third-order valence-corrected chi connectivity index (χ3v) is 4.83. The van der Waals surface area contributed by atoms with Gasteiger partial charge in [0.05, 0.1) is 17.9 Å². The summed E-state index contributed by atoms with van der Waals surface area (Å²) in [6, 6.07) is 0.170. The Balaban J connectivity index is 1.44. The molecule has 0 unspecified atom stereocenters. The Morgan fingerprint density at radius 3 is 2.84 bits per heavy atom. The van der Waals surface area contributed by atoms with Crippen molar-refractivity contribution >= 4 is 22.8 Å². The van der Waals surface area contributed by atoms with Gasteiger partial charge in [-0.15, -0.1) is 0 Å². The Morgan fingerprint density at radius 1 is 1.32 bits per heavy atom. The van der Waals surface area contributed by atoms with Crippen LogP contribution in [0.2, 0.25) is 0 Å². The smallest absolute Gasteiger partial charge is 0.269 e. The van der Waals surface area contributed by atoms with E-state index < -0.39 is 0 Å². The van der Waals surface area contributed by atoms with Gasteiger partial charge < -0.3 is 19.8 Å². The van der Waals surface area contributed by atoms with Crippen LogP contribution in [0.15, 0.2) is 25.0 Å². The minimum atomic E-state index is -0.0654. The summed E-state index contributed by atoms with van der Waals surface area (Å²) in [7, 11) is 1.82. The molecular formula is C17H21N7O. The van der Waals surface area contributed by atoms with Crippen molar-refractivity contribution in [1.29, 1.82) is 0 Å². The van der Waals surface area contributed by atoms with E-state index in [0.29, 0.717) is 5.69 Å². The number of aromatic amines is 1. The summed E-state index contributed by atoms with van der Waals surface area (Å²) in [5.74, 6) is 0.907. The fraction of sp³-hybridized carbons (Fsp3) is 0.412. The zero-order chi connectivity index (χ0) is 17.4. The molecule has 3 aromatic rings. The third kappa shape index (κ3) is 2.84. The second-order valence-corrected chi connectivity index (χ2v) is 6.52. The normalized spacial score (nSPS) is 15.7. The number of carbonyl (C=O) groups excluding carboxylic acids is 1. The Morgan fingerprint density at radius 2 is 2.12 bits per heavy atom. The topological polar surface area (TPSA) is 91.7 Å². The Bertz CT molecular complexity index is 905. The van der Waals surface area contributed by atoms with Crippen molar-refractivity contribution < 1.29 is 4.79 Å². The zero-order valence-electron chi connectivity index (χ0n) is 14.4. The molecule has 2 N–H and O–H groups in total. The van der Waals surface area contributed by atoms with Crippen LogP contribution in [0, 0.1) is 6.92 Å². The lowest BCUT2D eigenvalue weighted by Gasteiger charge is -2.33. The predicted molar refractivity (Wildman–Crippen MR) is 94.5 cm³/mol. The highest BCUT2D eigenvalue weighted by Gasteiger charge is 2.24. The lowest BCUT2D eigenvalue weighted by molar-refractivity contribution is 0.0923. The molecule has 4 heterocycles. The van der Waals surface area contributed by atoms with Gasteiger partial charge in [-0.2, -0.15) is 0 Å². The largest absolute Gasteiger partial charge is 0.356 e.